The number of hydrogen-bond donors (Lipinski definition) is 1. The van der Waals surface area contributed by atoms with Crippen molar-refractivity contribution in [2.45, 2.75) is 64.5 Å². The summed E-state index contributed by atoms with van der Waals surface area (Å²) in [6.45, 7) is 5.95. The molecule has 3 amide bonds. The smallest absolute Gasteiger partial charge is 0.409 e. The fourth-order valence-corrected chi connectivity index (χ4v) is 3.49. The van der Waals surface area contributed by atoms with Gasteiger partial charge in [-0.2, -0.15) is 0 Å². The fourth-order valence-electron chi connectivity index (χ4n) is 3.49. The highest BCUT2D eigenvalue weighted by molar-refractivity contribution is 6.35. The SMILES string of the molecule is CCOC(=O)N1CCC(NC(=O)C(=O)N2CCCCC2CC)CC1. The Kier molecular flexibility index (Phi) is 6.87. The van der Waals surface area contributed by atoms with Gasteiger partial charge in [-0.25, -0.2) is 4.79 Å². The molecular formula is C17H29N3O4. The quantitative estimate of drug-likeness (QED) is 0.791. The van der Waals surface area contributed by atoms with Crippen LogP contribution in [0, 0.1) is 0 Å². The van der Waals surface area contributed by atoms with Crippen molar-refractivity contribution in [1.29, 1.82) is 0 Å². The average molecular weight is 339 g/mol. The first-order valence-corrected chi connectivity index (χ1v) is 9.10. The Morgan fingerprint density at radius 2 is 1.75 bits per heavy atom. The lowest BCUT2D eigenvalue weighted by molar-refractivity contribution is -0.148. The van der Waals surface area contributed by atoms with E-state index in [0.29, 0.717) is 39.1 Å². The molecule has 136 valence electrons. The predicted octanol–water partition coefficient (Wildman–Crippen LogP) is 1.51. The number of nitrogens with zero attached hydrogens (tertiary/aromatic N) is 2. The highest BCUT2D eigenvalue weighted by Crippen LogP contribution is 2.20. The second kappa shape index (κ2) is 8.89. The van der Waals surface area contributed by atoms with E-state index in [2.05, 4.69) is 12.2 Å². The van der Waals surface area contributed by atoms with Gasteiger partial charge in [0.25, 0.3) is 0 Å². The summed E-state index contributed by atoms with van der Waals surface area (Å²) < 4.78 is 4.98. The van der Waals surface area contributed by atoms with Crippen LogP contribution in [0.25, 0.3) is 0 Å². The van der Waals surface area contributed by atoms with Crippen LogP contribution >= 0.6 is 0 Å². The highest BCUT2D eigenvalue weighted by atomic mass is 16.6. The number of hydrogen-bond acceptors (Lipinski definition) is 4. The molecule has 2 rings (SSSR count). The van der Waals surface area contributed by atoms with Crippen LogP contribution in [0.5, 0.6) is 0 Å². The van der Waals surface area contributed by atoms with Crippen LogP contribution in [0.4, 0.5) is 4.79 Å². The first kappa shape index (κ1) is 18.5. The van der Waals surface area contributed by atoms with Gasteiger partial charge in [0, 0.05) is 31.7 Å². The third-order valence-corrected chi connectivity index (χ3v) is 4.91. The van der Waals surface area contributed by atoms with E-state index in [0.717, 1.165) is 25.7 Å². The summed E-state index contributed by atoms with van der Waals surface area (Å²) >= 11 is 0. The molecule has 7 nitrogen and oxygen atoms in total. The summed E-state index contributed by atoms with van der Waals surface area (Å²) in [5.74, 6) is -0.917. The van der Waals surface area contributed by atoms with Crippen molar-refractivity contribution >= 4 is 17.9 Å². The third kappa shape index (κ3) is 4.61. The van der Waals surface area contributed by atoms with Gasteiger partial charge in [-0.1, -0.05) is 6.92 Å². The van der Waals surface area contributed by atoms with Crippen LogP contribution in [0.15, 0.2) is 0 Å². The molecular weight excluding hydrogens is 310 g/mol. The Morgan fingerprint density at radius 3 is 2.38 bits per heavy atom. The van der Waals surface area contributed by atoms with E-state index in [-0.39, 0.29) is 18.2 Å². The summed E-state index contributed by atoms with van der Waals surface area (Å²) in [5.41, 5.74) is 0. The van der Waals surface area contributed by atoms with Crippen LogP contribution < -0.4 is 5.32 Å². The second-order valence-corrected chi connectivity index (χ2v) is 6.49. The fraction of sp³-hybridized carbons (Fsp3) is 0.824. The normalized spacial score (nSPS) is 22.2. The lowest BCUT2D eigenvalue weighted by Gasteiger charge is -2.35. The van der Waals surface area contributed by atoms with Gasteiger partial charge in [0.2, 0.25) is 0 Å². The lowest BCUT2D eigenvalue weighted by Crippen LogP contribution is -2.53. The number of ether oxygens (including phenoxy) is 1. The largest absolute Gasteiger partial charge is 0.450 e. The van der Waals surface area contributed by atoms with Crippen LogP contribution in [-0.2, 0) is 14.3 Å². The molecule has 0 aromatic carbocycles. The Balaban J connectivity index is 1.80. The molecule has 2 fully saturated rings. The molecule has 0 aliphatic carbocycles. The van der Waals surface area contributed by atoms with Crippen molar-refractivity contribution in [3.63, 3.8) is 0 Å². The number of nitrogens with one attached hydrogen (secondary N) is 1. The van der Waals surface area contributed by atoms with Crippen molar-refractivity contribution < 1.29 is 19.1 Å². The average Bonchev–Trinajstić information content (AvgIpc) is 2.61. The Hall–Kier alpha value is -1.79. The molecule has 7 heteroatoms. The molecule has 1 atom stereocenters. The molecule has 2 heterocycles. The van der Waals surface area contributed by atoms with Crippen LogP contribution in [0.2, 0.25) is 0 Å². The van der Waals surface area contributed by atoms with Crippen molar-refractivity contribution in [3.05, 3.63) is 0 Å². The second-order valence-electron chi connectivity index (χ2n) is 6.49. The predicted molar refractivity (Wildman–Crippen MR) is 89.4 cm³/mol. The Morgan fingerprint density at radius 1 is 1.04 bits per heavy atom. The molecule has 0 aromatic heterocycles. The van der Waals surface area contributed by atoms with E-state index >= 15 is 0 Å². The van der Waals surface area contributed by atoms with Gasteiger partial charge < -0.3 is 19.9 Å². The van der Waals surface area contributed by atoms with E-state index in [1.165, 1.54) is 0 Å². The van der Waals surface area contributed by atoms with Gasteiger partial charge in [-0.05, 0) is 45.4 Å². The van der Waals surface area contributed by atoms with Gasteiger partial charge >= 0.3 is 17.9 Å². The number of rotatable bonds is 3. The number of amides is 3. The Bertz CT molecular complexity index is 461. The summed E-state index contributed by atoms with van der Waals surface area (Å²) in [5, 5.41) is 2.84. The van der Waals surface area contributed by atoms with Gasteiger partial charge in [0.1, 0.15) is 0 Å². The van der Waals surface area contributed by atoms with Crippen molar-refractivity contribution in [1.82, 2.24) is 15.1 Å². The van der Waals surface area contributed by atoms with E-state index in [4.69, 9.17) is 4.74 Å². The zero-order valence-corrected chi connectivity index (χ0v) is 14.8. The minimum absolute atomic E-state index is 0.0583. The maximum atomic E-state index is 12.4. The molecule has 0 bridgehead atoms. The van der Waals surface area contributed by atoms with Crippen LogP contribution in [-0.4, -0.2) is 66.0 Å². The summed E-state index contributed by atoms with van der Waals surface area (Å²) in [4.78, 5) is 39.8. The minimum Gasteiger partial charge on any atom is -0.450 e. The number of likely N-dealkylation sites (tertiary alicyclic amines) is 2. The molecule has 2 saturated heterocycles. The molecule has 0 saturated carbocycles. The zero-order chi connectivity index (χ0) is 17.5. The lowest BCUT2D eigenvalue weighted by atomic mass is 9.99. The van der Waals surface area contributed by atoms with Gasteiger partial charge in [0.05, 0.1) is 6.61 Å². The maximum absolute atomic E-state index is 12.4. The van der Waals surface area contributed by atoms with Crippen molar-refractivity contribution in [3.8, 4) is 0 Å². The van der Waals surface area contributed by atoms with Crippen molar-refractivity contribution in [2.24, 2.45) is 0 Å². The Labute approximate surface area is 143 Å². The topological polar surface area (TPSA) is 79.0 Å². The number of carbonyl (C=O) groups is 3. The van der Waals surface area contributed by atoms with Gasteiger partial charge in [-0.3, -0.25) is 9.59 Å². The van der Waals surface area contributed by atoms with E-state index in [1.807, 2.05) is 0 Å². The van der Waals surface area contributed by atoms with E-state index in [9.17, 15) is 14.4 Å². The molecule has 2 aliphatic rings. The molecule has 24 heavy (non-hydrogen) atoms. The van der Waals surface area contributed by atoms with E-state index < -0.39 is 11.8 Å². The summed E-state index contributed by atoms with van der Waals surface area (Å²) in [6, 6.07) is 0.125. The van der Waals surface area contributed by atoms with Gasteiger partial charge in [0.15, 0.2) is 0 Å². The first-order valence-electron chi connectivity index (χ1n) is 9.10. The number of carbonyl (C=O) groups excluding carboxylic acids is 3. The molecule has 0 spiro atoms. The zero-order valence-electron chi connectivity index (χ0n) is 14.8. The van der Waals surface area contributed by atoms with Crippen molar-refractivity contribution in [2.75, 3.05) is 26.2 Å². The molecule has 1 unspecified atom stereocenters. The first-order chi connectivity index (χ1) is 11.6. The summed E-state index contributed by atoms with van der Waals surface area (Å²) in [7, 11) is 0. The monoisotopic (exact) mass is 339 g/mol. The number of piperidine rings is 2. The third-order valence-electron chi connectivity index (χ3n) is 4.91. The molecule has 0 aromatic rings. The van der Waals surface area contributed by atoms with E-state index in [1.54, 1.807) is 16.7 Å². The molecule has 0 radical (unpaired) electrons. The standard InChI is InChI=1S/C17H29N3O4/c1-3-14-7-5-6-10-20(14)16(22)15(21)18-13-8-11-19(12-9-13)17(23)24-4-2/h13-14H,3-12H2,1-2H3,(H,18,21). The summed E-state index contributed by atoms with van der Waals surface area (Å²) in [6.07, 6.45) is 4.94. The van der Waals surface area contributed by atoms with Crippen LogP contribution in [0.3, 0.4) is 0 Å². The highest BCUT2D eigenvalue weighted by Gasteiger charge is 2.32. The maximum Gasteiger partial charge on any atom is 0.409 e. The van der Waals surface area contributed by atoms with Crippen LogP contribution in [0.1, 0.15) is 52.4 Å². The molecule has 2 aliphatic heterocycles. The molecule has 1 N–H and O–H groups in total. The van der Waals surface area contributed by atoms with Gasteiger partial charge in [-0.15, -0.1) is 0 Å². The minimum atomic E-state index is -0.509.